The molecule has 25 heavy (non-hydrogen) atoms. The Morgan fingerprint density at radius 1 is 1.32 bits per heavy atom. The normalized spacial score (nSPS) is 10.8. The fraction of sp³-hybridized carbons (Fsp3) is 0.200. The molecular weight excluding hydrogens is 382 g/mol. The molecule has 0 aliphatic carbocycles. The quantitative estimate of drug-likeness (QED) is 0.616. The van der Waals surface area contributed by atoms with E-state index < -0.39 is 0 Å². The largest absolute Gasteiger partial charge is 0.383 e. The van der Waals surface area contributed by atoms with Crippen LogP contribution in [0.4, 0.5) is 5.13 Å². The van der Waals surface area contributed by atoms with Gasteiger partial charge in [0.1, 0.15) is 5.02 Å². The van der Waals surface area contributed by atoms with Gasteiger partial charge in [0.2, 0.25) is 5.13 Å². The van der Waals surface area contributed by atoms with Gasteiger partial charge in [0.25, 0.3) is 5.56 Å². The first-order valence-electron chi connectivity index (χ1n) is 7.26. The van der Waals surface area contributed by atoms with Crippen LogP contribution < -0.4 is 10.9 Å². The van der Waals surface area contributed by atoms with E-state index in [1.807, 2.05) is 18.2 Å². The van der Waals surface area contributed by atoms with Gasteiger partial charge in [0, 0.05) is 13.7 Å². The Bertz CT molecular complexity index is 900. The molecule has 0 atom stereocenters. The van der Waals surface area contributed by atoms with Gasteiger partial charge in [-0.15, -0.1) is 10.2 Å². The van der Waals surface area contributed by atoms with Crippen molar-refractivity contribution in [1.82, 2.24) is 20.0 Å². The highest BCUT2D eigenvalue weighted by Crippen LogP contribution is 2.34. The van der Waals surface area contributed by atoms with Crippen LogP contribution in [0.3, 0.4) is 0 Å². The second kappa shape index (κ2) is 8.43. The Labute approximate surface area is 157 Å². The van der Waals surface area contributed by atoms with Gasteiger partial charge in [-0.2, -0.15) is 9.78 Å². The van der Waals surface area contributed by atoms with Crippen LogP contribution in [-0.2, 0) is 4.74 Å². The van der Waals surface area contributed by atoms with Gasteiger partial charge in [-0.3, -0.25) is 4.79 Å². The number of nitrogens with one attached hydrogen (secondary N) is 1. The average molecular weight is 396 g/mol. The summed E-state index contributed by atoms with van der Waals surface area (Å²) in [6.45, 7) is 1.22. The molecule has 0 bridgehead atoms. The first-order chi connectivity index (χ1) is 12.2. The maximum absolute atomic E-state index is 12.5. The lowest BCUT2D eigenvalue weighted by molar-refractivity contribution is 0.211. The van der Waals surface area contributed by atoms with Crippen molar-refractivity contribution in [2.75, 3.05) is 25.6 Å². The summed E-state index contributed by atoms with van der Waals surface area (Å²) in [7, 11) is 1.63. The molecule has 2 aromatic heterocycles. The second-order valence-electron chi connectivity index (χ2n) is 4.77. The van der Waals surface area contributed by atoms with Gasteiger partial charge < -0.3 is 10.1 Å². The number of benzene rings is 1. The number of para-hydroxylation sites is 1. The molecule has 0 fully saturated rings. The van der Waals surface area contributed by atoms with E-state index in [9.17, 15) is 4.79 Å². The van der Waals surface area contributed by atoms with Crippen LogP contribution in [0.15, 0.2) is 50.6 Å². The minimum absolute atomic E-state index is 0.105. The zero-order valence-electron chi connectivity index (χ0n) is 13.2. The van der Waals surface area contributed by atoms with Crippen LogP contribution in [0.5, 0.6) is 0 Å². The lowest BCUT2D eigenvalue weighted by Crippen LogP contribution is -2.21. The number of nitrogens with zero attached hydrogens (tertiary/aromatic N) is 4. The fourth-order valence-electron chi connectivity index (χ4n) is 1.92. The zero-order valence-corrected chi connectivity index (χ0v) is 15.6. The highest BCUT2D eigenvalue weighted by molar-refractivity contribution is 8.01. The van der Waals surface area contributed by atoms with E-state index >= 15 is 0 Å². The van der Waals surface area contributed by atoms with E-state index in [1.54, 1.807) is 25.4 Å². The summed E-state index contributed by atoms with van der Waals surface area (Å²) < 4.78 is 6.90. The molecule has 130 valence electrons. The number of aromatic nitrogens is 4. The molecule has 0 amide bonds. The average Bonchev–Trinajstić information content (AvgIpc) is 3.08. The number of rotatable bonds is 7. The van der Waals surface area contributed by atoms with Crippen molar-refractivity contribution < 1.29 is 4.74 Å². The van der Waals surface area contributed by atoms with E-state index in [-0.39, 0.29) is 10.6 Å². The standard InChI is InChI=1S/C15H14ClN5O2S2/c1-23-8-7-17-14-19-20-15(25-14)24-11-9-18-21(13(22)12(11)16)10-5-3-2-4-6-10/h2-6,9H,7-8H2,1H3,(H,17,19). The lowest BCUT2D eigenvalue weighted by atomic mass is 10.3. The second-order valence-corrected chi connectivity index (χ2v) is 7.41. The number of hydrogen-bond acceptors (Lipinski definition) is 8. The first kappa shape index (κ1) is 17.9. The number of methoxy groups -OCH3 is 1. The van der Waals surface area contributed by atoms with Gasteiger partial charge >= 0.3 is 0 Å². The van der Waals surface area contributed by atoms with E-state index in [0.717, 1.165) is 0 Å². The van der Waals surface area contributed by atoms with Crippen molar-refractivity contribution in [2.45, 2.75) is 9.24 Å². The number of hydrogen-bond donors (Lipinski definition) is 1. The molecule has 1 N–H and O–H groups in total. The van der Waals surface area contributed by atoms with Gasteiger partial charge in [-0.25, -0.2) is 0 Å². The molecule has 2 heterocycles. The molecule has 0 saturated heterocycles. The van der Waals surface area contributed by atoms with E-state index in [0.29, 0.717) is 33.2 Å². The lowest BCUT2D eigenvalue weighted by Gasteiger charge is -2.06. The van der Waals surface area contributed by atoms with Crippen LogP contribution in [0.25, 0.3) is 5.69 Å². The highest BCUT2D eigenvalue weighted by Gasteiger charge is 2.14. The zero-order chi connectivity index (χ0) is 17.6. The van der Waals surface area contributed by atoms with Crippen molar-refractivity contribution in [1.29, 1.82) is 0 Å². The summed E-state index contributed by atoms with van der Waals surface area (Å²) in [5, 5.41) is 16.2. The van der Waals surface area contributed by atoms with Crippen LogP contribution in [0.1, 0.15) is 0 Å². The first-order valence-corrected chi connectivity index (χ1v) is 9.27. The Hall–Kier alpha value is -1.94. The smallest absolute Gasteiger partial charge is 0.291 e. The van der Waals surface area contributed by atoms with Gasteiger partial charge in [0.15, 0.2) is 4.34 Å². The van der Waals surface area contributed by atoms with Gasteiger partial charge in [0.05, 0.1) is 23.4 Å². The van der Waals surface area contributed by atoms with Crippen LogP contribution >= 0.6 is 34.7 Å². The maximum Gasteiger partial charge on any atom is 0.291 e. The van der Waals surface area contributed by atoms with Crippen molar-refractivity contribution in [3.05, 3.63) is 51.9 Å². The molecular formula is C15H14ClN5O2S2. The number of ether oxygens (including phenoxy) is 1. The van der Waals surface area contributed by atoms with Gasteiger partial charge in [-0.05, 0) is 12.1 Å². The van der Waals surface area contributed by atoms with Crippen LogP contribution in [-0.4, -0.2) is 40.2 Å². The number of anilines is 1. The summed E-state index contributed by atoms with van der Waals surface area (Å²) in [6, 6.07) is 9.12. The summed E-state index contributed by atoms with van der Waals surface area (Å²) >= 11 is 8.87. The van der Waals surface area contributed by atoms with Crippen molar-refractivity contribution >= 4 is 39.8 Å². The van der Waals surface area contributed by atoms with Crippen molar-refractivity contribution in [3.63, 3.8) is 0 Å². The number of halogens is 1. The molecule has 0 unspecified atom stereocenters. The Kier molecular flexibility index (Phi) is 6.03. The summed E-state index contributed by atoms with van der Waals surface area (Å²) in [6.07, 6.45) is 1.56. The monoisotopic (exact) mass is 395 g/mol. The SMILES string of the molecule is COCCNc1nnc(Sc2cnn(-c3ccccc3)c(=O)c2Cl)s1. The van der Waals surface area contributed by atoms with Gasteiger partial charge in [-0.1, -0.05) is 52.9 Å². The Morgan fingerprint density at radius 3 is 2.88 bits per heavy atom. The van der Waals surface area contributed by atoms with E-state index in [4.69, 9.17) is 16.3 Å². The predicted octanol–water partition coefficient (Wildman–Crippen LogP) is 2.95. The highest BCUT2D eigenvalue weighted by atomic mass is 35.5. The summed E-state index contributed by atoms with van der Waals surface area (Å²) in [5.74, 6) is 0. The molecule has 3 rings (SSSR count). The molecule has 0 aliphatic rings. The third-order valence-electron chi connectivity index (χ3n) is 3.07. The molecule has 0 radical (unpaired) electrons. The molecule has 0 aliphatic heterocycles. The molecule has 3 aromatic rings. The molecule has 1 aromatic carbocycles. The molecule has 0 saturated carbocycles. The minimum atomic E-state index is -0.374. The predicted molar refractivity (Wildman–Crippen MR) is 99.2 cm³/mol. The van der Waals surface area contributed by atoms with Crippen LogP contribution in [0, 0.1) is 0 Å². The molecule has 10 heteroatoms. The molecule has 7 nitrogen and oxygen atoms in total. The Balaban J connectivity index is 1.78. The van der Waals surface area contributed by atoms with E-state index in [2.05, 4.69) is 20.6 Å². The third-order valence-corrected chi connectivity index (χ3v) is 5.51. The van der Waals surface area contributed by atoms with Crippen LogP contribution in [0.2, 0.25) is 5.02 Å². The summed E-state index contributed by atoms with van der Waals surface area (Å²) in [5.41, 5.74) is 0.285. The minimum Gasteiger partial charge on any atom is -0.383 e. The van der Waals surface area contributed by atoms with E-state index in [1.165, 1.54) is 27.8 Å². The third kappa shape index (κ3) is 4.37. The van der Waals surface area contributed by atoms with Crippen molar-refractivity contribution in [2.24, 2.45) is 0 Å². The summed E-state index contributed by atoms with van der Waals surface area (Å²) in [4.78, 5) is 13.0. The topological polar surface area (TPSA) is 81.9 Å². The maximum atomic E-state index is 12.5. The molecule has 0 spiro atoms. The fourth-order valence-corrected chi connectivity index (χ4v) is 3.89. The Morgan fingerprint density at radius 2 is 2.12 bits per heavy atom. The van der Waals surface area contributed by atoms with Crippen molar-refractivity contribution in [3.8, 4) is 5.69 Å².